The molecule has 0 aliphatic rings. The van der Waals surface area contributed by atoms with Gasteiger partial charge in [0.25, 0.3) is 0 Å². The van der Waals surface area contributed by atoms with Crippen molar-refractivity contribution >= 4 is 39.5 Å². The first-order chi connectivity index (χ1) is 13.4. The lowest BCUT2D eigenvalue weighted by Crippen LogP contribution is -2.48. The van der Waals surface area contributed by atoms with Gasteiger partial charge in [0.05, 0.1) is 5.75 Å². The van der Waals surface area contributed by atoms with E-state index in [0.29, 0.717) is 17.9 Å². The average molecular weight is 467 g/mol. The smallest absolute Gasteiger partial charge is 0.242 e. The fourth-order valence-corrected chi connectivity index (χ4v) is 3.77. The maximum Gasteiger partial charge on any atom is 0.242 e. The Kier molecular flexibility index (Phi) is 8.99. The molecule has 2 amide bonds. The number of hydrogen-bond acceptors (Lipinski definition) is 3. The number of amides is 2. The Morgan fingerprint density at radius 3 is 2.50 bits per heavy atom. The lowest BCUT2D eigenvalue weighted by molar-refractivity contribution is -0.138. The van der Waals surface area contributed by atoms with Gasteiger partial charge in [0, 0.05) is 28.9 Å². The number of hydrogen-bond donors (Lipinski definition) is 1. The molecule has 2 aromatic carbocycles. The fraction of sp³-hybridized carbons (Fsp3) is 0.333. The molecule has 0 fully saturated rings. The molecule has 28 heavy (non-hydrogen) atoms. The third-order valence-corrected chi connectivity index (χ3v) is 5.74. The molecule has 1 atom stereocenters. The van der Waals surface area contributed by atoms with Crippen LogP contribution >= 0.6 is 27.7 Å². The summed E-state index contributed by atoms with van der Waals surface area (Å²) in [5.74, 6) is 0.0798. The zero-order chi connectivity index (χ0) is 20.5. The second-order valence-corrected chi connectivity index (χ2v) is 8.20. The molecule has 0 aliphatic heterocycles. The molecule has 0 spiro atoms. The highest BCUT2D eigenvalue weighted by Crippen LogP contribution is 2.18. The summed E-state index contributed by atoms with van der Waals surface area (Å²) in [5.41, 5.74) is 1.50. The highest BCUT2D eigenvalue weighted by molar-refractivity contribution is 9.10. The van der Waals surface area contributed by atoms with E-state index in [9.17, 15) is 14.0 Å². The summed E-state index contributed by atoms with van der Waals surface area (Å²) < 4.78 is 15.1. The van der Waals surface area contributed by atoms with Gasteiger partial charge in [0.15, 0.2) is 0 Å². The second kappa shape index (κ2) is 11.2. The van der Waals surface area contributed by atoms with Gasteiger partial charge in [-0.05, 0) is 37.6 Å². The molecule has 2 aromatic rings. The first kappa shape index (κ1) is 22.4. The van der Waals surface area contributed by atoms with Crippen LogP contribution in [0.4, 0.5) is 4.39 Å². The van der Waals surface area contributed by atoms with Gasteiger partial charge in [-0.1, -0.05) is 46.3 Å². The Morgan fingerprint density at radius 1 is 1.18 bits per heavy atom. The minimum Gasteiger partial charge on any atom is -0.355 e. The molecule has 0 saturated heterocycles. The summed E-state index contributed by atoms with van der Waals surface area (Å²) in [7, 11) is 0. The summed E-state index contributed by atoms with van der Waals surface area (Å²) in [6.07, 6.45) is 0. The largest absolute Gasteiger partial charge is 0.355 e. The van der Waals surface area contributed by atoms with E-state index in [0.717, 1.165) is 10.0 Å². The van der Waals surface area contributed by atoms with E-state index in [1.54, 1.807) is 25.1 Å². The molecule has 7 heteroatoms. The number of rotatable bonds is 9. The van der Waals surface area contributed by atoms with E-state index in [-0.39, 0.29) is 29.9 Å². The van der Waals surface area contributed by atoms with E-state index >= 15 is 0 Å². The van der Waals surface area contributed by atoms with Crippen molar-refractivity contribution in [2.45, 2.75) is 32.2 Å². The lowest BCUT2D eigenvalue weighted by atomic mass is 10.1. The summed E-state index contributed by atoms with van der Waals surface area (Å²) in [6.45, 7) is 4.02. The second-order valence-electron chi connectivity index (χ2n) is 6.30. The molecular weight excluding hydrogens is 443 g/mol. The molecule has 0 aromatic heterocycles. The summed E-state index contributed by atoms with van der Waals surface area (Å²) in [6, 6.07) is 13.5. The van der Waals surface area contributed by atoms with Crippen LogP contribution < -0.4 is 5.32 Å². The van der Waals surface area contributed by atoms with Crippen molar-refractivity contribution in [3.05, 3.63) is 69.9 Å². The van der Waals surface area contributed by atoms with Crippen LogP contribution in [0.1, 0.15) is 25.0 Å². The number of benzene rings is 2. The Balaban J connectivity index is 2.06. The highest BCUT2D eigenvalue weighted by atomic mass is 79.9. The molecule has 0 radical (unpaired) electrons. The summed E-state index contributed by atoms with van der Waals surface area (Å²) in [5, 5.41) is 2.73. The zero-order valence-corrected chi connectivity index (χ0v) is 18.4. The van der Waals surface area contributed by atoms with Gasteiger partial charge < -0.3 is 10.2 Å². The van der Waals surface area contributed by atoms with Crippen molar-refractivity contribution in [2.24, 2.45) is 0 Å². The maximum atomic E-state index is 14.1. The van der Waals surface area contributed by atoms with Gasteiger partial charge in [-0.3, -0.25) is 9.59 Å². The minimum absolute atomic E-state index is 0.0582. The first-order valence-electron chi connectivity index (χ1n) is 9.05. The van der Waals surface area contributed by atoms with Gasteiger partial charge in [0.1, 0.15) is 11.9 Å². The molecule has 0 heterocycles. The monoisotopic (exact) mass is 466 g/mol. The SMILES string of the molecule is CCNC(=O)C(C)N(Cc1ccccc1F)C(=O)CSCc1ccc(Br)cc1. The number of nitrogens with zero attached hydrogens (tertiary/aromatic N) is 1. The van der Waals surface area contributed by atoms with Crippen LogP contribution in [-0.4, -0.2) is 35.1 Å². The van der Waals surface area contributed by atoms with Crippen LogP contribution in [-0.2, 0) is 21.9 Å². The molecule has 1 unspecified atom stereocenters. The summed E-state index contributed by atoms with van der Waals surface area (Å²) >= 11 is 4.87. The van der Waals surface area contributed by atoms with Gasteiger partial charge in [-0.2, -0.15) is 0 Å². The van der Waals surface area contributed by atoms with Crippen LogP contribution in [0.5, 0.6) is 0 Å². The van der Waals surface area contributed by atoms with E-state index in [4.69, 9.17) is 0 Å². The molecule has 1 N–H and O–H groups in total. The predicted molar refractivity (Wildman–Crippen MR) is 115 cm³/mol. The van der Waals surface area contributed by atoms with Crippen LogP contribution in [0.15, 0.2) is 53.0 Å². The number of carbonyl (C=O) groups excluding carboxylic acids is 2. The Hall–Kier alpha value is -1.86. The standard InChI is InChI=1S/C21H24BrFN2O2S/c1-3-24-21(27)15(2)25(12-17-6-4-5-7-19(17)23)20(26)14-28-13-16-8-10-18(22)11-9-16/h4-11,15H,3,12-14H2,1-2H3,(H,24,27). The van der Waals surface area contributed by atoms with Crippen molar-refractivity contribution in [1.82, 2.24) is 10.2 Å². The Morgan fingerprint density at radius 2 is 1.86 bits per heavy atom. The van der Waals surface area contributed by atoms with Crippen LogP contribution in [0.25, 0.3) is 0 Å². The minimum atomic E-state index is -0.680. The summed E-state index contributed by atoms with van der Waals surface area (Å²) in [4.78, 5) is 26.6. The van der Waals surface area contributed by atoms with E-state index < -0.39 is 6.04 Å². The predicted octanol–water partition coefficient (Wildman–Crippen LogP) is 4.37. The van der Waals surface area contributed by atoms with Crippen LogP contribution in [0.3, 0.4) is 0 Å². The highest BCUT2D eigenvalue weighted by Gasteiger charge is 2.26. The maximum absolute atomic E-state index is 14.1. The van der Waals surface area contributed by atoms with Crippen molar-refractivity contribution in [3.63, 3.8) is 0 Å². The normalized spacial score (nSPS) is 11.7. The first-order valence-corrected chi connectivity index (χ1v) is 11.0. The molecule has 4 nitrogen and oxygen atoms in total. The number of halogens is 2. The molecule has 0 saturated carbocycles. The van der Waals surface area contributed by atoms with Gasteiger partial charge in [-0.15, -0.1) is 11.8 Å². The molecule has 0 bridgehead atoms. The quantitative estimate of drug-likeness (QED) is 0.596. The van der Waals surface area contributed by atoms with Crippen molar-refractivity contribution in [2.75, 3.05) is 12.3 Å². The van der Waals surface area contributed by atoms with Gasteiger partial charge in [-0.25, -0.2) is 4.39 Å². The van der Waals surface area contributed by atoms with Crippen molar-refractivity contribution in [1.29, 1.82) is 0 Å². The fourth-order valence-electron chi connectivity index (χ4n) is 2.63. The van der Waals surface area contributed by atoms with E-state index in [1.165, 1.54) is 22.7 Å². The van der Waals surface area contributed by atoms with Crippen LogP contribution in [0, 0.1) is 5.82 Å². The molecule has 150 valence electrons. The van der Waals surface area contributed by atoms with Crippen molar-refractivity contribution < 1.29 is 14.0 Å². The van der Waals surface area contributed by atoms with Gasteiger partial charge >= 0.3 is 0 Å². The lowest BCUT2D eigenvalue weighted by Gasteiger charge is -2.28. The molecule has 0 aliphatic carbocycles. The van der Waals surface area contributed by atoms with Crippen LogP contribution in [0.2, 0.25) is 0 Å². The molecule has 2 rings (SSSR count). The number of nitrogens with one attached hydrogen (secondary N) is 1. The van der Waals surface area contributed by atoms with Crippen molar-refractivity contribution in [3.8, 4) is 0 Å². The third-order valence-electron chi connectivity index (χ3n) is 4.22. The third kappa shape index (κ3) is 6.63. The van der Waals surface area contributed by atoms with E-state index in [2.05, 4.69) is 21.2 Å². The Labute approximate surface area is 178 Å². The zero-order valence-electron chi connectivity index (χ0n) is 16.0. The number of likely N-dealkylation sites (N-methyl/N-ethyl adjacent to an activating group) is 1. The van der Waals surface area contributed by atoms with E-state index in [1.807, 2.05) is 31.2 Å². The topological polar surface area (TPSA) is 49.4 Å². The number of thioether (sulfide) groups is 1. The Bertz CT molecular complexity index is 801. The average Bonchev–Trinajstić information content (AvgIpc) is 2.68. The van der Waals surface area contributed by atoms with Gasteiger partial charge in [0.2, 0.25) is 11.8 Å². The number of carbonyl (C=O) groups is 2. The molecular formula is C21H24BrFN2O2S.